The van der Waals surface area contributed by atoms with Crippen molar-refractivity contribution in [1.29, 1.82) is 0 Å². The first-order chi connectivity index (χ1) is 14.4. The molecule has 2 unspecified atom stereocenters. The summed E-state index contributed by atoms with van der Waals surface area (Å²) in [6.45, 7) is 4.97. The number of benzene rings is 2. The molecule has 1 saturated heterocycles. The molecule has 2 aromatic carbocycles. The average Bonchev–Trinajstić information content (AvgIpc) is 2.98. The third-order valence-corrected chi connectivity index (χ3v) is 5.47. The largest absolute Gasteiger partial charge is 0.495 e. The second kappa shape index (κ2) is 8.13. The van der Waals surface area contributed by atoms with Gasteiger partial charge in [0.05, 0.1) is 30.6 Å². The van der Waals surface area contributed by atoms with Gasteiger partial charge in [-0.05, 0) is 37.6 Å². The van der Waals surface area contributed by atoms with Crippen molar-refractivity contribution in [3.05, 3.63) is 64.8 Å². The van der Waals surface area contributed by atoms with Crippen LogP contribution in [0.5, 0.6) is 5.75 Å². The summed E-state index contributed by atoms with van der Waals surface area (Å²) in [6.07, 6.45) is -0.119. The predicted molar refractivity (Wildman–Crippen MR) is 115 cm³/mol. The lowest BCUT2D eigenvalue weighted by Gasteiger charge is -2.37. The van der Waals surface area contributed by atoms with Crippen LogP contribution in [0, 0.1) is 0 Å². The van der Waals surface area contributed by atoms with Crippen LogP contribution in [0.3, 0.4) is 0 Å². The lowest BCUT2D eigenvalue weighted by Crippen LogP contribution is -2.47. The summed E-state index contributed by atoms with van der Waals surface area (Å²) in [6, 6.07) is 14.1. The molecule has 1 fully saturated rings. The lowest BCUT2D eigenvalue weighted by atomic mass is 10.0. The number of nitrogens with zero attached hydrogens (tertiary/aromatic N) is 2. The van der Waals surface area contributed by atoms with Gasteiger partial charge in [-0.3, -0.25) is 9.59 Å². The molecule has 0 saturated carbocycles. The van der Waals surface area contributed by atoms with Crippen molar-refractivity contribution in [3.8, 4) is 5.75 Å². The Labute approximate surface area is 180 Å². The number of carbonyl (C=O) groups is 2. The van der Waals surface area contributed by atoms with Gasteiger partial charge in [0.15, 0.2) is 0 Å². The van der Waals surface area contributed by atoms with Gasteiger partial charge in [-0.1, -0.05) is 41.9 Å². The van der Waals surface area contributed by atoms with E-state index in [1.807, 2.05) is 49.1 Å². The van der Waals surface area contributed by atoms with Crippen molar-refractivity contribution in [2.45, 2.75) is 26.1 Å². The maximum atomic E-state index is 13.7. The SMILES string of the molecule is COc1ccc(Cl)cc1N1C(=O)C(c2ccccc2)=C(N2CC(C)OC(C)C2)C1=O. The molecule has 7 heteroatoms. The average molecular weight is 427 g/mol. The van der Waals surface area contributed by atoms with Crippen molar-refractivity contribution < 1.29 is 19.1 Å². The standard InChI is InChI=1S/C23H23ClN2O4/c1-14-12-25(13-15(2)30-14)21-20(16-7-5-4-6-8-16)22(27)26(23(21)28)18-11-17(24)9-10-19(18)29-3/h4-11,14-15H,12-13H2,1-3H3. The summed E-state index contributed by atoms with van der Waals surface area (Å²) in [5.74, 6) is -0.382. The van der Waals surface area contributed by atoms with E-state index in [0.29, 0.717) is 46.4 Å². The highest BCUT2D eigenvalue weighted by Gasteiger charge is 2.44. The smallest absolute Gasteiger partial charge is 0.282 e. The van der Waals surface area contributed by atoms with Gasteiger partial charge in [0.1, 0.15) is 11.4 Å². The number of halogens is 1. The number of hydrogen-bond acceptors (Lipinski definition) is 5. The summed E-state index contributed by atoms with van der Waals surface area (Å²) in [5.41, 5.74) is 1.79. The Balaban J connectivity index is 1.86. The van der Waals surface area contributed by atoms with Gasteiger partial charge in [-0.15, -0.1) is 0 Å². The minimum Gasteiger partial charge on any atom is -0.495 e. The number of hydrogen-bond donors (Lipinski definition) is 0. The van der Waals surface area contributed by atoms with E-state index in [0.717, 1.165) is 4.90 Å². The van der Waals surface area contributed by atoms with Gasteiger partial charge in [0, 0.05) is 18.1 Å². The molecular weight excluding hydrogens is 404 g/mol. The fourth-order valence-corrected chi connectivity index (χ4v) is 4.26. The molecule has 30 heavy (non-hydrogen) atoms. The zero-order chi connectivity index (χ0) is 21.4. The van der Waals surface area contributed by atoms with Crippen LogP contribution in [0.25, 0.3) is 5.57 Å². The number of amides is 2. The van der Waals surface area contributed by atoms with Gasteiger partial charge < -0.3 is 14.4 Å². The van der Waals surface area contributed by atoms with Gasteiger partial charge in [0.2, 0.25) is 0 Å². The Bertz CT molecular complexity index is 1010. The van der Waals surface area contributed by atoms with E-state index in [1.165, 1.54) is 7.11 Å². The molecule has 2 atom stereocenters. The summed E-state index contributed by atoms with van der Waals surface area (Å²) in [4.78, 5) is 30.4. The number of morpholine rings is 1. The molecule has 0 aromatic heterocycles. The minimum atomic E-state index is -0.395. The molecule has 0 N–H and O–H groups in total. The molecular formula is C23H23ClN2O4. The molecule has 156 valence electrons. The molecule has 2 amide bonds. The molecule has 0 spiro atoms. The predicted octanol–water partition coefficient (Wildman–Crippen LogP) is 3.74. The fraction of sp³-hybridized carbons (Fsp3) is 0.304. The lowest BCUT2D eigenvalue weighted by molar-refractivity contribution is -0.121. The Kier molecular flexibility index (Phi) is 5.54. The molecule has 0 radical (unpaired) electrons. The zero-order valence-corrected chi connectivity index (χ0v) is 17.8. The zero-order valence-electron chi connectivity index (χ0n) is 17.1. The first-order valence-electron chi connectivity index (χ1n) is 9.83. The summed E-state index contributed by atoms with van der Waals surface area (Å²) >= 11 is 6.18. The first-order valence-corrected chi connectivity index (χ1v) is 10.2. The van der Waals surface area contributed by atoms with E-state index < -0.39 is 5.91 Å². The Morgan fingerprint density at radius 3 is 2.30 bits per heavy atom. The molecule has 2 heterocycles. The van der Waals surface area contributed by atoms with Crippen LogP contribution in [-0.4, -0.2) is 49.1 Å². The van der Waals surface area contributed by atoms with Gasteiger partial charge >= 0.3 is 0 Å². The van der Waals surface area contributed by atoms with Crippen molar-refractivity contribution in [2.24, 2.45) is 0 Å². The fourth-order valence-electron chi connectivity index (χ4n) is 4.09. The molecule has 4 rings (SSSR count). The number of imide groups is 1. The molecule has 0 aliphatic carbocycles. The quantitative estimate of drug-likeness (QED) is 0.697. The van der Waals surface area contributed by atoms with Gasteiger partial charge in [0.25, 0.3) is 11.8 Å². The van der Waals surface area contributed by atoms with E-state index >= 15 is 0 Å². The number of rotatable bonds is 4. The first kappa shape index (κ1) is 20.4. The van der Waals surface area contributed by atoms with Crippen molar-refractivity contribution in [2.75, 3.05) is 25.1 Å². The summed E-state index contributed by atoms with van der Waals surface area (Å²) in [5, 5.41) is 0.412. The van der Waals surface area contributed by atoms with Crippen LogP contribution < -0.4 is 9.64 Å². The normalized spacial score (nSPS) is 22.1. The topological polar surface area (TPSA) is 59.1 Å². The van der Waals surface area contributed by atoms with Crippen LogP contribution in [-0.2, 0) is 14.3 Å². The minimum absolute atomic E-state index is 0.0593. The Hall–Kier alpha value is -2.83. The Morgan fingerprint density at radius 2 is 1.67 bits per heavy atom. The number of methoxy groups -OCH3 is 1. The third kappa shape index (κ3) is 3.57. The van der Waals surface area contributed by atoms with Crippen LogP contribution in [0.1, 0.15) is 19.4 Å². The molecule has 0 bridgehead atoms. The van der Waals surface area contributed by atoms with Gasteiger partial charge in [-0.25, -0.2) is 4.90 Å². The summed E-state index contributed by atoms with van der Waals surface area (Å²) in [7, 11) is 1.50. The molecule has 6 nitrogen and oxygen atoms in total. The van der Waals surface area contributed by atoms with Crippen LogP contribution in [0.15, 0.2) is 54.2 Å². The number of ether oxygens (including phenoxy) is 2. The van der Waals surface area contributed by atoms with E-state index in [9.17, 15) is 9.59 Å². The highest BCUT2D eigenvalue weighted by molar-refractivity contribution is 6.46. The Morgan fingerprint density at radius 1 is 1.00 bits per heavy atom. The molecule has 2 aromatic rings. The van der Waals surface area contributed by atoms with Crippen LogP contribution in [0.2, 0.25) is 5.02 Å². The summed E-state index contributed by atoms with van der Waals surface area (Å²) < 4.78 is 11.2. The number of anilines is 1. The van der Waals surface area contributed by atoms with E-state index in [-0.39, 0.29) is 18.1 Å². The highest BCUT2D eigenvalue weighted by atomic mass is 35.5. The monoisotopic (exact) mass is 426 g/mol. The van der Waals surface area contributed by atoms with Crippen molar-refractivity contribution in [1.82, 2.24) is 4.90 Å². The number of carbonyl (C=O) groups excluding carboxylic acids is 2. The maximum absolute atomic E-state index is 13.7. The second-order valence-corrected chi connectivity index (χ2v) is 7.95. The third-order valence-electron chi connectivity index (χ3n) is 5.24. The molecule has 2 aliphatic heterocycles. The van der Waals surface area contributed by atoms with Crippen molar-refractivity contribution in [3.63, 3.8) is 0 Å². The van der Waals surface area contributed by atoms with Crippen LogP contribution >= 0.6 is 11.6 Å². The maximum Gasteiger partial charge on any atom is 0.282 e. The van der Waals surface area contributed by atoms with Crippen LogP contribution in [0.4, 0.5) is 5.69 Å². The molecule has 2 aliphatic rings. The van der Waals surface area contributed by atoms with E-state index in [1.54, 1.807) is 18.2 Å². The van der Waals surface area contributed by atoms with E-state index in [2.05, 4.69) is 0 Å². The highest BCUT2D eigenvalue weighted by Crippen LogP contribution is 2.40. The van der Waals surface area contributed by atoms with E-state index in [4.69, 9.17) is 21.1 Å². The second-order valence-electron chi connectivity index (χ2n) is 7.51. The van der Waals surface area contributed by atoms with Crippen molar-refractivity contribution >= 4 is 34.7 Å². The van der Waals surface area contributed by atoms with Gasteiger partial charge in [-0.2, -0.15) is 0 Å².